The second kappa shape index (κ2) is 7.18. The molecule has 1 fully saturated rings. The Labute approximate surface area is 167 Å². The van der Waals surface area contributed by atoms with Crippen LogP contribution in [0.3, 0.4) is 0 Å². The SMILES string of the molecule is Nc1c(C(=O)OCC2CCCO2)c2nc3ccccc3nc2n1-c1ccccc1. The number of carbonyl (C=O) groups is 1. The zero-order chi connectivity index (χ0) is 19.8. The number of aromatic nitrogens is 3. The quantitative estimate of drug-likeness (QED) is 0.538. The summed E-state index contributed by atoms with van der Waals surface area (Å²) in [6.07, 6.45) is 1.81. The van der Waals surface area contributed by atoms with Crippen molar-refractivity contribution in [1.82, 2.24) is 14.5 Å². The van der Waals surface area contributed by atoms with Gasteiger partial charge >= 0.3 is 5.97 Å². The molecule has 0 spiro atoms. The molecule has 4 aromatic rings. The van der Waals surface area contributed by atoms with Gasteiger partial charge in [0.2, 0.25) is 0 Å². The number of rotatable bonds is 4. The number of fused-ring (bicyclic) bond motifs is 2. The molecule has 1 unspecified atom stereocenters. The van der Waals surface area contributed by atoms with Crippen molar-refractivity contribution in [2.24, 2.45) is 0 Å². The number of nitrogens with two attached hydrogens (primary N) is 1. The summed E-state index contributed by atoms with van der Waals surface area (Å²) in [4.78, 5) is 22.4. The average Bonchev–Trinajstić information content (AvgIpc) is 3.36. The predicted molar refractivity (Wildman–Crippen MR) is 110 cm³/mol. The van der Waals surface area contributed by atoms with Crippen LogP contribution in [0.4, 0.5) is 5.82 Å². The highest BCUT2D eigenvalue weighted by Gasteiger charge is 2.27. The van der Waals surface area contributed by atoms with Crippen molar-refractivity contribution in [3.8, 4) is 5.69 Å². The maximum absolute atomic E-state index is 13.0. The van der Waals surface area contributed by atoms with Crippen LogP contribution in [0, 0.1) is 0 Å². The molecule has 0 amide bonds. The van der Waals surface area contributed by atoms with E-state index >= 15 is 0 Å². The molecule has 2 N–H and O–H groups in total. The van der Waals surface area contributed by atoms with Gasteiger partial charge in [-0.1, -0.05) is 30.3 Å². The van der Waals surface area contributed by atoms with E-state index in [0.29, 0.717) is 23.3 Å². The van der Waals surface area contributed by atoms with Gasteiger partial charge in [0.1, 0.15) is 23.5 Å². The number of carbonyl (C=O) groups excluding carboxylic acids is 1. The third-order valence-electron chi connectivity index (χ3n) is 5.14. The van der Waals surface area contributed by atoms with Gasteiger partial charge in [0.15, 0.2) is 5.65 Å². The summed E-state index contributed by atoms with van der Waals surface area (Å²) in [5.41, 5.74) is 9.87. The minimum atomic E-state index is -0.512. The Morgan fingerprint density at radius 3 is 2.55 bits per heavy atom. The maximum atomic E-state index is 13.0. The molecule has 29 heavy (non-hydrogen) atoms. The van der Waals surface area contributed by atoms with Crippen LogP contribution in [0.1, 0.15) is 23.2 Å². The number of esters is 1. The molecule has 0 radical (unpaired) electrons. The van der Waals surface area contributed by atoms with Crippen LogP contribution >= 0.6 is 0 Å². The second-order valence-electron chi connectivity index (χ2n) is 7.05. The summed E-state index contributed by atoms with van der Waals surface area (Å²) >= 11 is 0. The lowest BCUT2D eigenvalue weighted by atomic mass is 10.2. The smallest absolute Gasteiger partial charge is 0.344 e. The van der Waals surface area contributed by atoms with Gasteiger partial charge in [-0.2, -0.15) is 0 Å². The van der Waals surface area contributed by atoms with Crippen LogP contribution in [0.15, 0.2) is 54.6 Å². The molecule has 0 aliphatic carbocycles. The molecule has 1 saturated heterocycles. The molecule has 0 bridgehead atoms. The van der Waals surface area contributed by atoms with Crippen molar-refractivity contribution in [3.63, 3.8) is 0 Å². The van der Waals surface area contributed by atoms with Crippen LogP contribution in [0.2, 0.25) is 0 Å². The number of hydrogen-bond donors (Lipinski definition) is 1. The van der Waals surface area contributed by atoms with E-state index in [1.165, 1.54) is 0 Å². The Bertz CT molecular complexity index is 1200. The van der Waals surface area contributed by atoms with Crippen LogP contribution < -0.4 is 5.73 Å². The van der Waals surface area contributed by atoms with Crippen molar-refractivity contribution in [1.29, 1.82) is 0 Å². The third kappa shape index (κ3) is 3.09. The predicted octanol–water partition coefficient (Wildman–Crippen LogP) is 3.49. The van der Waals surface area contributed by atoms with Crippen LogP contribution in [0.25, 0.3) is 27.9 Å². The van der Waals surface area contributed by atoms with Crippen LogP contribution in [-0.2, 0) is 9.47 Å². The number of para-hydroxylation sites is 3. The molecule has 0 saturated carbocycles. The first-order valence-corrected chi connectivity index (χ1v) is 9.63. The molecule has 5 rings (SSSR count). The summed E-state index contributed by atoms with van der Waals surface area (Å²) in [5.74, 6) is -0.249. The molecule has 1 aliphatic heterocycles. The van der Waals surface area contributed by atoms with Gasteiger partial charge in [-0.25, -0.2) is 14.8 Å². The number of nitrogen functional groups attached to an aromatic ring is 1. The molecule has 2 aromatic carbocycles. The van der Waals surface area contributed by atoms with Crippen molar-refractivity contribution < 1.29 is 14.3 Å². The van der Waals surface area contributed by atoms with Crippen molar-refractivity contribution >= 4 is 34.0 Å². The Balaban J connectivity index is 1.66. The standard InChI is InChI=1S/C22H20N4O3/c23-20-18(22(27)29-13-15-9-6-12-28-15)19-21(26(20)14-7-2-1-3-8-14)25-17-11-5-4-10-16(17)24-19/h1-5,7-8,10-11,15H,6,9,12-13,23H2. The van der Waals surface area contributed by atoms with Gasteiger partial charge in [-0.05, 0) is 37.1 Å². The van der Waals surface area contributed by atoms with Gasteiger partial charge in [-0.3, -0.25) is 4.57 Å². The third-order valence-corrected chi connectivity index (χ3v) is 5.14. The number of benzene rings is 2. The lowest BCUT2D eigenvalue weighted by molar-refractivity contribution is 0.0163. The number of ether oxygens (including phenoxy) is 2. The number of anilines is 1. The second-order valence-corrected chi connectivity index (χ2v) is 7.05. The van der Waals surface area contributed by atoms with Crippen LogP contribution in [-0.4, -0.2) is 39.8 Å². The van der Waals surface area contributed by atoms with Crippen molar-refractivity contribution in [3.05, 3.63) is 60.2 Å². The monoisotopic (exact) mass is 388 g/mol. The highest BCUT2D eigenvalue weighted by Crippen LogP contribution is 2.31. The molecule has 3 heterocycles. The molecular weight excluding hydrogens is 368 g/mol. The van der Waals surface area contributed by atoms with E-state index in [-0.39, 0.29) is 24.1 Å². The summed E-state index contributed by atoms with van der Waals surface area (Å²) < 4.78 is 12.8. The molecular formula is C22H20N4O3. The zero-order valence-corrected chi connectivity index (χ0v) is 15.7. The Morgan fingerprint density at radius 2 is 1.83 bits per heavy atom. The van der Waals surface area contributed by atoms with Crippen molar-refractivity contribution in [2.75, 3.05) is 18.9 Å². The van der Waals surface area contributed by atoms with E-state index in [4.69, 9.17) is 25.2 Å². The molecule has 146 valence electrons. The van der Waals surface area contributed by atoms with Crippen LogP contribution in [0.5, 0.6) is 0 Å². The fourth-order valence-corrected chi connectivity index (χ4v) is 3.72. The van der Waals surface area contributed by atoms with Gasteiger partial charge in [0, 0.05) is 12.3 Å². The minimum Gasteiger partial charge on any atom is -0.459 e. The van der Waals surface area contributed by atoms with E-state index in [1.807, 2.05) is 54.6 Å². The molecule has 7 nitrogen and oxygen atoms in total. The summed E-state index contributed by atoms with van der Waals surface area (Å²) in [6, 6.07) is 17.1. The normalized spacial score (nSPS) is 16.5. The average molecular weight is 388 g/mol. The first-order valence-electron chi connectivity index (χ1n) is 9.63. The van der Waals surface area contributed by atoms with Gasteiger partial charge in [0.25, 0.3) is 0 Å². The van der Waals surface area contributed by atoms with E-state index in [9.17, 15) is 4.79 Å². The summed E-state index contributed by atoms with van der Waals surface area (Å²) in [5, 5.41) is 0. The first-order chi connectivity index (χ1) is 14.2. The summed E-state index contributed by atoms with van der Waals surface area (Å²) in [6.45, 7) is 0.909. The summed E-state index contributed by atoms with van der Waals surface area (Å²) in [7, 11) is 0. The fraction of sp³-hybridized carbons (Fsp3) is 0.227. The van der Waals surface area contributed by atoms with E-state index in [1.54, 1.807) is 4.57 Å². The van der Waals surface area contributed by atoms with E-state index < -0.39 is 5.97 Å². The highest BCUT2D eigenvalue weighted by atomic mass is 16.6. The van der Waals surface area contributed by atoms with Gasteiger partial charge < -0.3 is 15.2 Å². The zero-order valence-electron chi connectivity index (χ0n) is 15.7. The molecule has 2 aromatic heterocycles. The van der Waals surface area contributed by atoms with E-state index in [0.717, 1.165) is 24.0 Å². The number of nitrogens with zero attached hydrogens (tertiary/aromatic N) is 3. The minimum absolute atomic E-state index is 0.0606. The van der Waals surface area contributed by atoms with Crippen molar-refractivity contribution in [2.45, 2.75) is 18.9 Å². The first kappa shape index (κ1) is 17.6. The lowest BCUT2D eigenvalue weighted by Crippen LogP contribution is -2.18. The fourth-order valence-electron chi connectivity index (χ4n) is 3.72. The molecule has 7 heteroatoms. The number of hydrogen-bond acceptors (Lipinski definition) is 6. The Hall–Kier alpha value is -3.45. The highest BCUT2D eigenvalue weighted by molar-refractivity contribution is 6.09. The maximum Gasteiger partial charge on any atom is 0.344 e. The largest absolute Gasteiger partial charge is 0.459 e. The Morgan fingerprint density at radius 1 is 1.10 bits per heavy atom. The Kier molecular flexibility index (Phi) is 4.37. The van der Waals surface area contributed by atoms with Gasteiger partial charge in [0.05, 0.1) is 17.1 Å². The molecule has 1 aliphatic rings. The lowest BCUT2D eigenvalue weighted by Gasteiger charge is -2.10. The van der Waals surface area contributed by atoms with Gasteiger partial charge in [-0.15, -0.1) is 0 Å². The topological polar surface area (TPSA) is 92.3 Å². The molecule has 1 atom stereocenters. The van der Waals surface area contributed by atoms with E-state index in [2.05, 4.69) is 0 Å².